The topological polar surface area (TPSA) is 83.6 Å². The summed E-state index contributed by atoms with van der Waals surface area (Å²) in [7, 11) is -4.03. The summed E-state index contributed by atoms with van der Waals surface area (Å²) in [6.45, 7) is 2.09. The van der Waals surface area contributed by atoms with Gasteiger partial charge in [-0.1, -0.05) is 32.6 Å². The van der Waals surface area contributed by atoms with Gasteiger partial charge < -0.3 is 15.5 Å². The van der Waals surface area contributed by atoms with Crippen molar-refractivity contribution in [3.8, 4) is 0 Å². The summed E-state index contributed by atoms with van der Waals surface area (Å²) in [6.07, 6.45) is 4.45. The van der Waals surface area contributed by atoms with E-state index in [0.717, 1.165) is 25.7 Å². The van der Waals surface area contributed by atoms with Crippen LogP contribution in [0.5, 0.6) is 0 Å². The Labute approximate surface area is 73.3 Å². The van der Waals surface area contributed by atoms with Crippen LogP contribution in [0.2, 0.25) is 0 Å². The van der Waals surface area contributed by atoms with Crippen molar-refractivity contribution in [1.82, 2.24) is 0 Å². The van der Waals surface area contributed by atoms with Crippen molar-refractivity contribution in [2.75, 3.05) is 0 Å². The van der Waals surface area contributed by atoms with Gasteiger partial charge in [0.15, 0.2) is 0 Å². The molecular weight excluding hydrogens is 177 g/mol. The average molecular weight is 195 g/mol. The van der Waals surface area contributed by atoms with E-state index in [9.17, 15) is 4.57 Å². The van der Waals surface area contributed by atoms with E-state index in [4.69, 9.17) is 15.5 Å². The van der Waals surface area contributed by atoms with Crippen molar-refractivity contribution in [3.05, 3.63) is 0 Å². The quantitative estimate of drug-likeness (QED) is 0.442. The van der Waals surface area contributed by atoms with E-state index < -0.39 is 13.4 Å². The highest BCUT2D eigenvalue weighted by molar-refractivity contribution is 7.52. The zero-order valence-corrected chi connectivity index (χ0v) is 8.33. The maximum absolute atomic E-state index is 10.6. The predicted octanol–water partition coefficient (Wildman–Crippen LogP) is 1.42. The molecule has 0 aliphatic heterocycles. The number of rotatable bonds is 6. The van der Waals surface area contributed by atoms with Gasteiger partial charge in [-0.15, -0.1) is 0 Å². The molecule has 0 radical (unpaired) electrons. The maximum atomic E-state index is 10.6. The summed E-state index contributed by atoms with van der Waals surface area (Å²) in [5.74, 6) is -0.964. The summed E-state index contributed by atoms with van der Waals surface area (Å²) in [6, 6.07) is 0. The number of unbranched alkanes of at least 4 members (excludes halogenated alkanes) is 3. The predicted molar refractivity (Wildman–Crippen MR) is 48.8 cm³/mol. The van der Waals surface area contributed by atoms with Gasteiger partial charge in [-0.2, -0.15) is 0 Å². The second-order valence-electron chi connectivity index (χ2n) is 3.01. The highest BCUT2D eigenvalue weighted by Crippen LogP contribution is 2.40. The van der Waals surface area contributed by atoms with Gasteiger partial charge in [-0.05, 0) is 6.42 Å². The molecule has 0 aliphatic rings. The molecule has 5 heteroatoms. The van der Waals surface area contributed by atoms with E-state index in [0.29, 0.717) is 6.42 Å². The van der Waals surface area contributed by atoms with E-state index in [2.05, 4.69) is 6.92 Å². The van der Waals surface area contributed by atoms with Crippen LogP contribution in [0, 0.1) is 0 Å². The lowest BCUT2D eigenvalue weighted by atomic mass is 10.1. The zero-order chi connectivity index (χ0) is 9.61. The highest BCUT2D eigenvalue weighted by Gasteiger charge is 2.23. The molecule has 0 aromatic heterocycles. The zero-order valence-electron chi connectivity index (χ0n) is 7.44. The third kappa shape index (κ3) is 5.72. The molecule has 4 nitrogen and oxygen atoms in total. The Balaban J connectivity index is 3.45. The lowest BCUT2D eigenvalue weighted by Crippen LogP contribution is -2.19. The molecule has 0 fully saturated rings. The lowest BCUT2D eigenvalue weighted by Gasteiger charge is -2.12. The maximum Gasteiger partial charge on any atom is 0.342 e. The summed E-state index contributed by atoms with van der Waals surface area (Å²) < 4.78 is 10.6. The smallest absolute Gasteiger partial charge is 0.323 e. The van der Waals surface area contributed by atoms with E-state index in [1.807, 2.05) is 0 Å². The molecule has 0 spiro atoms. The molecule has 74 valence electrons. The van der Waals surface area contributed by atoms with Crippen LogP contribution in [0.3, 0.4) is 0 Å². The first-order chi connectivity index (χ1) is 5.48. The molecule has 0 aromatic carbocycles. The summed E-state index contributed by atoms with van der Waals surface area (Å²) in [5, 5.41) is 0. The summed E-state index contributed by atoms with van der Waals surface area (Å²) in [5.41, 5.74) is 5.27. The molecule has 0 bridgehead atoms. The average Bonchev–Trinajstić information content (AvgIpc) is 1.96. The molecule has 0 rings (SSSR count). The van der Waals surface area contributed by atoms with Crippen molar-refractivity contribution in [2.45, 2.75) is 44.8 Å². The standard InChI is InChI=1S/C7H18NO3P/c1-2-3-4-5-6-7(8)12(9,10)11/h7H,2-6,8H2,1H3,(H2,9,10,11)/t7-/m0/s1. The van der Waals surface area contributed by atoms with Crippen LogP contribution in [-0.4, -0.2) is 15.6 Å². The van der Waals surface area contributed by atoms with Gasteiger partial charge in [0.1, 0.15) is 5.78 Å². The van der Waals surface area contributed by atoms with Crippen molar-refractivity contribution in [1.29, 1.82) is 0 Å². The minimum Gasteiger partial charge on any atom is -0.323 e. The Hall–Kier alpha value is 0.110. The minimum absolute atomic E-state index is 0.421. The first-order valence-corrected chi connectivity index (χ1v) is 5.97. The molecule has 12 heavy (non-hydrogen) atoms. The molecule has 0 heterocycles. The number of nitrogens with two attached hydrogens (primary N) is 1. The number of hydrogen-bond donors (Lipinski definition) is 3. The van der Waals surface area contributed by atoms with Crippen LogP contribution in [0.1, 0.15) is 39.0 Å². The number of hydrogen-bond acceptors (Lipinski definition) is 2. The van der Waals surface area contributed by atoms with Crippen LogP contribution in [0.4, 0.5) is 0 Å². The van der Waals surface area contributed by atoms with Crippen molar-refractivity contribution < 1.29 is 14.4 Å². The van der Waals surface area contributed by atoms with Crippen molar-refractivity contribution in [3.63, 3.8) is 0 Å². The fraction of sp³-hybridized carbons (Fsp3) is 1.00. The minimum atomic E-state index is -4.03. The highest BCUT2D eigenvalue weighted by atomic mass is 31.2. The monoisotopic (exact) mass is 195 g/mol. The first-order valence-electron chi connectivity index (χ1n) is 4.29. The van der Waals surface area contributed by atoms with Crippen molar-refractivity contribution >= 4 is 7.60 Å². The third-order valence-electron chi connectivity index (χ3n) is 1.79. The molecule has 1 atom stereocenters. The molecule has 0 aliphatic carbocycles. The summed E-state index contributed by atoms with van der Waals surface area (Å²) >= 11 is 0. The van der Waals surface area contributed by atoms with Gasteiger partial charge in [0.25, 0.3) is 0 Å². The Kier molecular flexibility index (Phi) is 5.76. The molecule has 0 saturated carbocycles. The van der Waals surface area contributed by atoms with Gasteiger partial charge >= 0.3 is 7.60 Å². The van der Waals surface area contributed by atoms with Gasteiger partial charge in [0, 0.05) is 0 Å². The Bertz CT molecular complexity index is 157. The summed E-state index contributed by atoms with van der Waals surface area (Å²) in [4.78, 5) is 17.3. The first kappa shape index (κ1) is 12.1. The largest absolute Gasteiger partial charge is 0.342 e. The van der Waals surface area contributed by atoms with Crippen LogP contribution in [0.15, 0.2) is 0 Å². The van der Waals surface area contributed by atoms with Crippen molar-refractivity contribution in [2.24, 2.45) is 5.73 Å². The SMILES string of the molecule is CCCCCC[C@@H](N)P(=O)(O)O. The molecule has 0 aromatic rings. The molecular formula is C7H18NO3P. The molecule has 4 N–H and O–H groups in total. The van der Waals surface area contributed by atoms with Crippen LogP contribution >= 0.6 is 7.60 Å². The van der Waals surface area contributed by atoms with Crippen LogP contribution < -0.4 is 5.73 Å². The van der Waals surface area contributed by atoms with Gasteiger partial charge in [0.2, 0.25) is 0 Å². The lowest BCUT2D eigenvalue weighted by molar-refractivity contribution is 0.353. The fourth-order valence-electron chi connectivity index (χ4n) is 0.948. The van der Waals surface area contributed by atoms with Gasteiger partial charge in [0.05, 0.1) is 0 Å². The van der Waals surface area contributed by atoms with E-state index in [1.165, 1.54) is 0 Å². The Morgan fingerprint density at radius 1 is 1.33 bits per heavy atom. The second kappa shape index (κ2) is 5.70. The van der Waals surface area contributed by atoms with E-state index in [1.54, 1.807) is 0 Å². The molecule has 0 amide bonds. The second-order valence-corrected chi connectivity index (χ2v) is 4.85. The van der Waals surface area contributed by atoms with Crippen LogP contribution in [0.25, 0.3) is 0 Å². The van der Waals surface area contributed by atoms with Gasteiger partial charge in [-0.25, -0.2) is 0 Å². The fourth-order valence-corrected chi connectivity index (χ4v) is 1.47. The Morgan fingerprint density at radius 3 is 2.33 bits per heavy atom. The molecule has 0 unspecified atom stereocenters. The normalized spacial score (nSPS) is 14.7. The van der Waals surface area contributed by atoms with Gasteiger partial charge in [-0.3, -0.25) is 4.57 Å². The van der Waals surface area contributed by atoms with E-state index in [-0.39, 0.29) is 0 Å². The van der Waals surface area contributed by atoms with Crippen LogP contribution in [-0.2, 0) is 4.57 Å². The molecule has 0 saturated heterocycles. The third-order valence-corrected chi connectivity index (χ3v) is 2.91. The Morgan fingerprint density at radius 2 is 1.92 bits per heavy atom. The van der Waals surface area contributed by atoms with E-state index >= 15 is 0 Å².